The molecule has 5 nitrogen and oxygen atoms in total. The molecule has 0 spiro atoms. The number of furan rings is 1. The SMILES string of the molecule is c1ccc(COC[C@H]2O[C@@H](c3ccco3)[C@@H](OCc3ccccc3)[C@@H]2OCc2ccccc2)cc1. The highest BCUT2D eigenvalue weighted by Gasteiger charge is 2.48. The highest BCUT2D eigenvalue weighted by Crippen LogP contribution is 2.38. The second kappa shape index (κ2) is 12.0. The topological polar surface area (TPSA) is 50.1 Å². The van der Waals surface area contributed by atoms with Crippen LogP contribution in [0.3, 0.4) is 0 Å². The summed E-state index contributed by atoms with van der Waals surface area (Å²) in [6, 6.07) is 34.2. The van der Waals surface area contributed by atoms with Crippen LogP contribution in [-0.2, 0) is 38.8 Å². The normalized spacial score (nSPS) is 21.8. The number of hydrogen-bond donors (Lipinski definition) is 0. The van der Waals surface area contributed by atoms with Gasteiger partial charge in [0.05, 0.1) is 32.7 Å². The fourth-order valence-electron chi connectivity index (χ4n) is 4.33. The minimum absolute atomic E-state index is 0.307. The van der Waals surface area contributed by atoms with Gasteiger partial charge in [-0.05, 0) is 28.8 Å². The average molecular weight is 471 g/mol. The van der Waals surface area contributed by atoms with Crippen LogP contribution in [0.2, 0.25) is 0 Å². The van der Waals surface area contributed by atoms with E-state index in [9.17, 15) is 0 Å². The van der Waals surface area contributed by atoms with Crippen molar-refractivity contribution >= 4 is 0 Å². The van der Waals surface area contributed by atoms with Gasteiger partial charge in [-0.1, -0.05) is 91.0 Å². The summed E-state index contributed by atoms with van der Waals surface area (Å²) in [5.41, 5.74) is 3.31. The predicted octanol–water partition coefficient (Wildman–Crippen LogP) is 6.11. The van der Waals surface area contributed by atoms with Crippen LogP contribution in [0.15, 0.2) is 114 Å². The third-order valence-corrected chi connectivity index (χ3v) is 6.10. The van der Waals surface area contributed by atoms with E-state index in [0.29, 0.717) is 26.4 Å². The zero-order chi connectivity index (χ0) is 23.7. The molecule has 4 atom stereocenters. The van der Waals surface area contributed by atoms with Crippen molar-refractivity contribution < 1.29 is 23.4 Å². The van der Waals surface area contributed by atoms with Crippen LogP contribution in [0.5, 0.6) is 0 Å². The van der Waals surface area contributed by atoms with E-state index in [1.54, 1.807) is 6.26 Å². The van der Waals surface area contributed by atoms with Gasteiger partial charge in [0.1, 0.15) is 30.2 Å². The fourth-order valence-corrected chi connectivity index (χ4v) is 4.33. The maximum absolute atomic E-state index is 6.48. The van der Waals surface area contributed by atoms with Crippen molar-refractivity contribution in [2.75, 3.05) is 6.61 Å². The molecule has 180 valence electrons. The van der Waals surface area contributed by atoms with Gasteiger partial charge in [-0.3, -0.25) is 0 Å². The lowest BCUT2D eigenvalue weighted by Crippen LogP contribution is -2.37. The smallest absolute Gasteiger partial charge is 0.144 e. The second-order valence-electron chi connectivity index (χ2n) is 8.63. The Bertz CT molecular complexity index is 1120. The Morgan fingerprint density at radius 3 is 1.66 bits per heavy atom. The number of benzene rings is 3. The molecule has 1 aromatic heterocycles. The van der Waals surface area contributed by atoms with Crippen molar-refractivity contribution in [2.45, 2.75) is 44.2 Å². The maximum Gasteiger partial charge on any atom is 0.144 e. The van der Waals surface area contributed by atoms with Crippen molar-refractivity contribution in [3.05, 3.63) is 132 Å². The summed E-state index contributed by atoms with van der Waals surface area (Å²) in [4.78, 5) is 0. The zero-order valence-electron chi connectivity index (χ0n) is 19.6. The molecule has 1 fully saturated rings. The molecule has 1 aliphatic rings. The lowest BCUT2D eigenvalue weighted by Gasteiger charge is -2.25. The Hall–Kier alpha value is -3.22. The van der Waals surface area contributed by atoms with Crippen molar-refractivity contribution in [1.82, 2.24) is 0 Å². The Morgan fingerprint density at radius 2 is 1.11 bits per heavy atom. The average Bonchev–Trinajstić information content (AvgIpc) is 3.56. The first kappa shape index (κ1) is 23.5. The van der Waals surface area contributed by atoms with E-state index in [0.717, 1.165) is 22.5 Å². The highest BCUT2D eigenvalue weighted by atomic mass is 16.6. The lowest BCUT2D eigenvalue weighted by atomic mass is 10.1. The summed E-state index contributed by atoms with van der Waals surface area (Å²) in [6.07, 6.45) is 0.282. The summed E-state index contributed by atoms with van der Waals surface area (Å²) in [7, 11) is 0. The molecule has 2 heterocycles. The van der Waals surface area contributed by atoms with Crippen LogP contribution < -0.4 is 0 Å². The molecule has 3 aromatic carbocycles. The molecular formula is C30H30O5. The third-order valence-electron chi connectivity index (χ3n) is 6.10. The van der Waals surface area contributed by atoms with Crippen molar-refractivity contribution in [3.8, 4) is 0 Å². The molecule has 4 aromatic rings. The van der Waals surface area contributed by atoms with Gasteiger partial charge in [-0.2, -0.15) is 0 Å². The van der Waals surface area contributed by atoms with Crippen LogP contribution in [-0.4, -0.2) is 24.9 Å². The van der Waals surface area contributed by atoms with Crippen LogP contribution in [0.25, 0.3) is 0 Å². The van der Waals surface area contributed by atoms with E-state index < -0.39 is 0 Å². The first-order valence-corrected chi connectivity index (χ1v) is 12.0. The molecule has 1 aliphatic heterocycles. The van der Waals surface area contributed by atoms with Crippen LogP contribution in [0.4, 0.5) is 0 Å². The van der Waals surface area contributed by atoms with E-state index in [1.165, 1.54) is 0 Å². The molecule has 1 saturated heterocycles. The van der Waals surface area contributed by atoms with Crippen molar-refractivity contribution in [2.24, 2.45) is 0 Å². The molecule has 0 saturated carbocycles. The predicted molar refractivity (Wildman–Crippen MR) is 132 cm³/mol. The molecule has 5 heteroatoms. The summed E-state index contributed by atoms with van der Waals surface area (Å²) in [6.45, 7) is 1.80. The van der Waals surface area contributed by atoms with Crippen LogP contribution in [0.1, 0.15) is 28.6 Å². The van der Waals surface area contributed by atoms with E-state index in [4.69, 9.17) is 23.4 Å². The Balaban J connectivity index is 1.33. The van der Waals surface area contributed by atoms with Gasteiger partial charge < -0.3 is 23.4 Å². The largest absolute Gasteiger partial charge is 0.466 e. The van der Waals surface area contributed by atoms with E-state index in [1.807, 2.05) is 66.7 Å². The van der Waals surface area contributed by atoms with E-state index >= 15 is 0 Å². The minimum Gasteiger partial charge on any atom is -0.466 e. The molecule has 0 radical (unpaired) electrons. The summed E-state index contributed by atoms with van der Waals surface area (Å²) in [5.74, 6) is 0.724. The van der Waals surface area contributed by atoms with Crippen LogP contribution in [0, 0.1) is 0 Å². The lowest BCUT2D eigenvalue weighted by molar-refractivity contribution is -0.0899. The first-order chi connectivity index (χ1) is 17.4. The number of ether oxygens (including phenoxy) is 4. The molecule has 0 aliphatic carbocycles. The molecule has 0 unspecified atom stereocenters. The zero-order valence-corrected chi connectivity index (χ0v) is 19.6. The number of rotatable bonds is 11. The van der Waals surface area contributed by atoms with Crippen LogP contribution >= 0.6 is 0 Å². The minimum atomic E-state index is -0.389. The van der Waals surface area contributed by atoms with Gasteiger partial charge in [0.2, 0.25) is 0 Å². The highest BCUT2D eigenvalue weighted by molar-refractivity contribution is 5.16. The van der Waals surface area contributed by atoms with Gasteiger partial charge in [0.25, 0.3) is 0 Å². The number of hydrogen-bond acceptors (Lipinski definition) is 5. The van der Waals surface area contributed by atoms with Gasteiger partial charge in [-0.15, -0.1) is 0 Å². The van der Waals surface area contributed by atoms with Gasteiger partial charge in [0.15, 0.2) is 0 Å². The Kier molecular flexibility index (Phi) is 8.03. The molecule has 0 bridgehead atoms. The molecular weight excluding hydrogens is 440 g/mol. The Morgan fingerprint density at radius 1 is 0.571 bits per heavy atom. The monoisotopic (exact) mass is 470 g/mol. The Labute approximate surface area is 206 Å². The quantitative estimate of drug-likeness (QED) is 0.265. The molecule has 5 rings (SSSR count). The van der Waals surface area contributed by atoms with E-state index in [-0.39, 0.29) is 24.4 Å². The molecule has 0 N–H and O–H groups in total. The van der Waals surface area contributed by atoms with Gasteiger partial charge in [-0.25, -0.2) is 0 Å². The summed E-state index contributed by atoms with van der Waals surface area (Å²) in [5, 5.41) is 0. The standard InChI is InChI=1S/C30H30O5/c1-4-11-23(12-5-1)19-31-22-27-28(33-20-24-13-6-2-7-14-24)30(29(35-27)26-17-10-18-32-26)34-21-25-15-8-3-9-16-25/h1-18,27-30H,19-22H2/t27-,28-,29+,30+/m1/s1. The third kappa shape index (κ3) is 6.27. The summed E-state index contributed by atoms with van der Waals surface area (Å²) >= 11 is 0. The maximum atomic E-state index is 6.48. The van der Waals surface area contributed by atoms with Gasteiger partial charge in [0, 0.05) is 0 Å². The second-order valence-corrected chi connectivity index (χ2v) is 8.63. The fraction of sp³-hybridized carbons (Fsp3) is 0.267. The van der Waals surface area contributed by atoms with Crippen molar-refractivity contribution in [3.63, 3.8) is 0 Å². The first-order valence-electron chi connectivity index (χ1n) is 12.0. The summed E-state index contributed by atoms with van der Waals surface area (Å²) < 4.78 is 31.2. The molecule has 0 amide bonds. The van der Waals surface area contributed by atoms with Crippen molar-refractivity contribution in [1.29, 1.82) is 0 Å². The molecule has 35 heavy (non-hydrogen) atoms. The van der Waals surface area contributed by atoms with E-state index in [2.05, 4.69) is 36.4 Å². The van der Waals surface area contributed by atoms with Gasteiger partial charge >= 0.3 is 0 Å².